The van der Waals surface area contributed by atoms with Crippen LogP contribution in [0.25, 0.3) is 41.7 Å². The molecular weight excluding hydrogens is 577 g/mol. The van der Waals surface area contributed by atoms with E-state index < -0.39 is 23.0 Å². The van der Waals surface area contributed by atoms with Crippen molar-refractivity contribution < 1.29 is 27.9 Å². The lowest BCUT2D eigenvalue weighted by Gasteiger charge is -2.38. The van der Waals surface area contributed by atoms with E-state index in [0.717, 1.165) is 16.9 Å². The predicted octanol–water partition coefficient (Wildman–Crippen LogP) is 2.66. The molecule has 1 fully saturated rings. The summed E-state index contributed by atoms with van der Waals surface area (Å²) in [5, 5.41) is 8.17. The Labute approximate surface area is 236 Å². The molecule has 0 unspecified atom stereocenters. The molecule has 5 aromatic rings. The van der Waals surface area contributed by atoms with Crippen molar-refractivity contribution in [2.75, 3.05) is 19.6 Å². The number of amides is 1. The number of nitrogens with zero attached hydrogens (tertiary/aromatic N) is 1. The van der Waals surface area contributed by atoms with Crippen LogP contribution in [0.3, 0.4) is 0 Å². The summed E-state index contributed by atoms with van der Waals surface area (Å²) < 4.78 is 32.0. The monoisotopic (exact) mass is 598 g/mol. The summed E-state index contributed by atoms with van der Waals surface area (Å²) in [6.07, 6.45) is -4.36. The molecule has 1 aliphatic heterocycles. The highest BCUT2D eigenvalue weighted by molar-refractivity contribution is 7.25. The molecule has 3 N–H and O–H groups in total. The summed E-state index contributed by atoms with van der Waals surface area (Å²) in [4.78, 5) is 76.3. The first kappa shape index (κ1) is 29.0. The standard InChI is InChI=1S/C27H20N2O5S.C2HF3O2/c28-10-14-11-29(12-14)19(30)8-6-13-5-7-17-18(9-13)23(32)21-20-22(31)15-3-1-2-4-16(15)24(33)26(20)35-27(21)25(17)34;3-2(4,5)1(6)7/h1-5,7,9,14H,6,8,10-12,28H2;(H,6,7). The summed E-state index contributed by atoms with van der Waals surface area (Å²) in [6, 6.07) is 11.5. The number of fused-ring (bicyclic) bond motifs is 5. The van der Waals surface area contributed by atoms with E-state index in [1.54, 1.807) is 47.4 Å². The van der Waals surface area contributed by atoms with E-state index in [1.165, 1.54) is 0 Å². The van der Waals surface area contributed by atoms with Gasteiger partial charge in [0.1, 0.15) is 0 Å². The highest BCUT2D eigenvalue weighted by atomic mass is 32.1. The highest BCUT2D eigenvalue weighted by Gasteiger charge is 2.38. The summed E-state index contributed by atoms with van der Waals surface area (Å²) >= 11 is 0.921. The zero-order chi connectivity index (χ0) is 30.5. The molecule has 0 atom stereocenters. The van der Waals surface area contributed by atoms with Crippen molar-refractivity contribution in [2.24, 2.45) is 11.7 Å². The molecule has 1 saturated heterocycles. The second-order valence-corrected chi connectivity index (χ2v) is 11.0. The van der Waals surface area contributed by atoms with Gasteiger partial charge in [-0.05, 0) is 30.7 Å². The first-order valence-corrected chi connectivity index (χ1v) is 13.5. The molecule has 42 heavy (non-hydrogen) atoms. The van der Waals surface area contributed by atoms with E-state index in [2.05, 4.69) is 0 Å². The van der Waals surface area contributed by atoms with Gasteiger partial charge in [0.25, 0.3) is 0 Å². The largest absolute Gasteiger partial charge is 0.490 e. The van der Waals surface area contributed by atoms with Gasteiger partial charge < -0.3 is 15.7 Å². The van der Waals surface area contributed by atoms with Gasteiger partial charge in [-0.1, -0.05) is 30.3 Å². The third-order valence-electron chi connectivity index (χ3n) is 7.28. The Balaban J connectivity index is 0.000000451. The predicted molar refractivity (Wildman–Crippen MR) is 153 cm³/mol. The third kappa shape index (κ3) is 4.94. The van der Waals surface area contributed by atoms with Crippen LogP contribution in [0.2, 0.25) is 0 Å². The lowest BCUT2D eigenvalue weighted by molar-refractivity contribution is -0.192. The number of carboxylic acid groups (broad SMARTS) is 1. The Hall–Kier alpha value is -4.49. The average Bonchev–Trinajstić information content (AvgIpc) is 3.34. The van der Waals surface area contributed by atoms with Crippen LogP contribution >= 0.6 is 11.3 Å². The second-order valence-electron chi connectivity index (χ2n) is 9.96. The van der Waals surface area contributed by atoms with Gasteiger partial charge in [0, 0.05) is 47.0 Å². The number of thiophene rings is 1. The molecule has 1 aliphatic rings. The summed E-state index contributed by atoms with van der Waals surface area (Å²) in [5.74, 6) is -2.36. The molecule has 13 heteroatoms. The van der Waals surface area contributed by atoms with Crippen LogP contribution < -0.4 is 27.4 Å². The van der Waals surface area contributed by atoms with Gasteiger partial charge in [-0.3, -0.25) is 24.0 Å². The fourth-order valence-electron chi connectivity index (χ4n) is 5.04. The molecule has 0 bridgehead atoms. The van der Waals surface area contributed by atoms with E-state index in [0.29, 0.717) is 38.4 Å². The number of hydrogen-bond donors (Lipinski definition) is 2. The van der Waals surface area contributed by atoms with Crippen LogP contribution in [0.15, 0.2) is 61.6 Å². The first-order chi connectivity index (χ1) is 19.8. The molecule has 1 amide bonds. The van der Waals surface area contributed by atoms with Gasteiger partial charge in [-0.25, -0.2) is 4.79 Å². The molecular formula is C29H21F3N2O7S. The van der Waals surface area contributed by atoms with Crippen LogP contribution in [0.5, 0.6) is 0 Å². The van der Waals surface area contributed by atoms with Gasteiger partial charge in [0.15, 0.2) is 10.9 Å². The minimum Gasteiger partial charge on any atom is -0.475 e. The minimum absolute atomic E-state index is 0.0250. The van der Waals surface area contributed by atoms with E-state index in [9.17, 15) is 37.1 Å². The fourth-order valence-corrected chi connectivity index (χ4v) is 6.25. The number of carboxylic acids is 1. The number of aryl methyl sites for hydroxylation is 1. The van der Waals surface area contributed by atoms with E-state index in [4.69, 9.17) is 15.6 Å². The van der Waals surface area contributed by atoms with Crippen LogP contribution in [0, 0.1) is 5.92 Å². The number of alkyl halides is 3. The minimum atomic E-state index is -5.08. The number of halogens is 3. The lowest BCUT2D eigenvalue weighted by atomic mass is 9.98. The number of carbonyl (C=O) groups excluding carboxylic acids is 1. The molecule has 0 spiro atoms. The smallest absolute Gasteiger partial charge is 0.475 e. The maximum absolute atomic E-state index is 13.6. The van der Waals surface area contributed by atoms with Crippen molar-refractivity contribution in [2.45, 2.75) is 19.0 Å². The van der Waals surface area contributed by atoms with Crippen molar-refractivity contribution in [1.82, 2.24) is 4.90 Å². The van der Waals surface area contributed by atoms with Gasteiger partial charge in [-0.2, -0.15) is 13.2 Å². The van der Waals surface area contributed by atoms with Crippen LogP contribution in [0.1, 0.15) is 12.0 Å². The Bertz CT molecular complexity index is 2130. The lowest BCUT2D eigenvalue weighted by Crippen LogP contribution is -2.52. The number of aliphatic carboxylic acids is 1. The van der Waals surface area contributed by atoms with Gasteiger partial charge in [0.05, 0.1) is 20.2 Å². The summed E-state index contributed by atoms with van der Waals surface area (Å²) in [6.45, 7) is 1.92. The first-order valence-electron chi connectivity index (χ1n) is 12.7. The number of hydrogen-bond acceptors (Lipinski definition) is 8. The third-order valence-corrected chi connectivity index (χ3v) is 8.46. The van der Waals surface area contributed by atoms with E-state index in [1.807, 2.05) is 0 Å². The fraction of sp³-hybridized carbons (Fsp3) is 0.241. The van der Waals surface area contributed by atoms with Gasteiger partial charge >= 0.3 is 12.1 Å². The molecule has 6 rings (SSSR count). The Kier molecular flexibility index (Phi) is 7.41. The second kappa shape index (κ2) is 10.7. The number of rotatable bonds is 4. The zero-order valence-corrected chi connectivity index (χ0v) is 22.4. The zero-order valence-electron chi connectivity index (χ0n) is 21.6. The Morgan fingerprint density at radius 1 is 0.857 bits per heavy atom. The van der Waals surface area contributed by atoms with Crippen LogP contribution in [-0.4, -0.2) is 47.7 Å². The van der Waals surface area contributed by atoms with E-state index >= 15 is 0 Å². The van der Waals surface area contributed by atoms with Crippen LogP contribution in [0.4, 0.5) is 13.2 Å². The van der Waals surface area contributed by atoms with Crippen molar-refractivity contribution in [1.29, 1.82) is 0 Å². The normalized spacial score (nSPS) is 13.9. The maximum atomic E-state index is 13.6. The average molecular weight is 599 g/mol. The Morgan fingerprint density at radius 2 is 1.36 bits per heavy atom. The molecule has 4 aromatic carbocycles. The van der Waals surface area contributed by atoms with Crippen molar-refractivity contribution in [3.8, 4) is 0 Å². The molecule has 0 aliphatic carbocycles. The molecule has 216 valence electrons. The highest BCUT2D eigenvalue weighted by Crippen LogP contribution is 2.29. The summed E-state index contributed by atoms with van der Waals surface area (Å²) in [7, 11) is 0. The Morgan fingerprint density at radius 3 is 1.88 bits per heavy atom. The van der Waals surface area contributed by atoms with Crippen LogP contribution in [-0.2, 0) is 16.0 Å². The van der Waals surface area contributed by atoms with Gasteiger partial charge in [-0.15, -0.1) is 11.3 Å². The van der Waals surface area contributed by atoms with Gasteiger partial charge in [0.2, 0.25) is 16.8 Å². The number of nitrogens with two attached hydrogens (primary N) is 1. The molecule has 2 heterocycles. The van der Waals surface area contributed by atoms with Crippen molar-refractivity contribution in [3.63, 3.8) is 0 Å². The molecule has 0 saturated carbocycles. The van der Waals surface area contributed by atoms with E-state index in [-0.39, 0.29) is 58.5 Å². The molecule has 1 aromatic heterocycles. The number of likely N-dealkylation sites (tertiary alicyclic amines) is 1. The SMILES string of the molecule is NCC1CN(C(=O)CCc2ccc3c(=O)c4sc5c(=O)c6ccccc6c(=O)c5c4c(=O)c3c2)C1.O=C(O)C(F)(F)F. The summed E-state index contributed by atoms with van der Waals surface area (Å²) in [5.41, 5.74) is 4.82. The topological polar surface area (TPSA) is 152 Å². The quantitative estimate of drug-likeness (QED) is 0.320. The molecule has 0 radical (unpaired) electrons. The van der Waals surface area contributed by atoms with Crippen molar-refractivity contribution >= 4 is 64.9 Å². The number of benzene rings is 4. The maximum Gasteiger partial charge on any atom is 0.490 e. The molecule has 9 nitrogen and oxygen atoms in total. The van der Waals surface area contributed by atoms with Crippen molar-refractivity contribution in [3.05, 3.63) is 88.9 Å². The number of carbonyl (C=O) groups is 2.